The van der Waals surface area contributed by atoms with Crippen LogP contribution in [0.4, 0.5) is 0 Å². The van der Waals surface area contributed by atoms with E-state index in [0.717, 1.165) is 6.08 Å². The molecule has 3 nitrogen and oxygen atoms in total. The quantitative estimate of drug-likeness (QED) is 0.216. The molecule has 1 unspecified atom stereocenters. The van der Waals surface area contributed by atoms with Crippen LogP contribution < -0.4 is 0 Å². The Labute approximate surface area is 67.6 Å². The van der Waals surface area contributed by atoms with E-state index >= 15 is 0 Å². The maximum atomic E-state index is 10.3. The maximum absolute atomic E-state index is 10.3. The van der Waals surface area contributed by atoms with Gasteiger partial charge in [0.1, 0.15) is 0 Å². The molecule has 0 aliphatic carbocycles. The summed E-state index contributed by atoms with van der Waals surface area (Å²) in [5, 5.41) is -1.20. The first-order chi connectivity index (χ1) is 4.57. The lowest BCUT2D eigenvalue weighted by molar-refractivity contribution is -0.150. The van der Waals surface area contributed by atoms with Gasteiger partial charge in [0.05, 0.1) is 0 Å². The Morgan fingerprint density at radius 2 is 2.10 bits per heavy atom. The summed E-state index contributed by atoms with van der Waals surface area (Å²) in [5.41, 5.74) is -1.00. The molecule has 0 aromatic rings. The Balaban J connectivity index is 3.79. The molecule has 0 aliphatic heterocycles. The van der Waals surface area contributed by atoms with Gasteiger partial charge in [0.25, 0.3) is 0 Å². The van der Waals surface area contributed by atoms with Crippen molar-refractivity contribution in [3.63, 3.8) is 0 Å². The zero-order valence-electron chi connectivity index (χ0n) is 4.84. The second-order valence-electron chi connectivity index (χ2n) is 1.27. The summed E-state index contributed by atoms with van der Waals surface area (Å²) in [6.45, 7) is 3.21. The lowest BCUT2D eigenvalue weighted by Gasteiger charge is -2.01. The zero-order chi connectivity index (χ0) is 8.15. The van der Waals surface area contributed by atoms with E-state index in [2.05, 4.69) is 11.3 Å². The van der Waals surface area contributed by atoms with Crippen molar-refractivity contribution in [3.8, 4) is 0 Å². The summed E-state index contributed by atoms with van der Waals surface area (Å²) in [7, 11) is 0. The van der Waals surface area contributed by atoms with Crippen LogP contribution in [-0.4, -0.2) is 16.8 Å². The SMILES string of the molecule is C=CC(Cl)OC(=O)C(=O)Cl. The standard InChI is InChI=1S/C5H4Cl2O3/c1-2-3(6)10-5(9)4(7)8/h2-3H,1H2. The number of halogens is 2. The van der Waals surface area contributed by atoms with E-state index in [9.17, 15) is 9.59 Å². The monoisotopic (exact) mass is 182 g/mol. The Morgan fingerprint density at radius 3 is 2.40 bits per heavy atom. The van der Waals surface area contributed by atoms with Crippen LogP contribution in [-0.2, 0) is 14.3 Å². The number of alkyl halides is 1. The number of rotatable bonds is 3. The molecule has 56 valence electrons. The molecular weight excluding hydrogens is 179 g/mol. The largest absolute Gasteiger partial charge is 0.435 e. The molecule has 0 amide bonds. The predicted molar refractivity (Wildman–Crippen MR) is 36.8 cm³/mol. The van der Waals surface area contributed by atoms with E-state index in [1.807, 2.05) is 0 Å². The predicted octanol–water partition coefficient (Wildman–Crippen LogP) is 1.05. The summed E-state index contributed by atoms with van der Waals surface area (Å²) < 4.78 is 4.19. The third kappa shape index (κ3) is 3.48. The molecule has 1 atom stereocenters. The molecule has 0 rings (SSSR count). The first kappa shape index (κ1) is 9.46. The Hall–Kier alpha value is -0.540. The Bertz CT molecular complexity index is 166. The molecule has 0 saturated heterocycles. The van der Waals surface area contributed by atoms with Gasteiger partial charge >= 0.3 is 11.2 Å². The number of carbonyl (C=O) groups is 2. The Morgan fingerprint density at radius 1 is 1.60 bits per heavy atom. The first-order valence-corrected chi connectivity index (χ1v) is 3.06. The van der Waals surface area contributed by atoms with E-state index in [4.69, 9.17) is 23.2 Å². The molecule has 0 aliphatic rings. The van der Waals surface area contributed by atoms with Gasteiger partial charge in [-0.2, -0.15) is 0 Å². The second-order valence-corrected chi connectivity index (χ2v) is 2.04. The van der Waals surface area contributed by atoms with Crippen molar-refractivity contribution in [3.05, 3.63) is 12.7 Å². The zero-order valence-corrected chi connectivity index (χ0v) is 6.35. The van der Waals surface area contributed by atoms with Gasteiger partial charge in [-0.05, 0) is 17.7 Å². The average Bonchev–Trinajstić information content (AvgIpc) is 1.87. The molecule has 0 N–H and O–H groups in total. The summed E-state index contributed by atoms with van der Waals surface area (Å²) in [6, 6.07) is 0. The molecule has 10 heavy (non-hydrogen) atoms. The first-order valence-electron chi connectivity index (χ1n) is 2.25. The van der Waals surface area contributed by atoms with Gasteiger partial charge in [0, 0.05) is 0 Å². The summed E-state index contributed by atoms with van der Waals surface area (Å²) in [4.78, 5) is 20.3. The maximum Gasteiger partial charge on any atom is 0.393 e. The van der Waals surface area contributed by atoms with Crippen molar-refractivity contribution < 1.29 is 14.3 Å². The highest BCUT2D eigenvalue weighted by atomic mass is 35.5. The van der Waals surface area contributed by atoms with Crippen molar-refractivity contribution >= 4 is 34.4 Å². The molecule has 0 fully saturated rings. The molecule has 0 aromatic carbocycles. The van der Waals surface area contributed by atoms with Gasteiger partial charge in [0.15, 0.2) is 5.56 Å². The minimum absolute atomic E-state index is 1.00. The molecule has 0 spiro atoms. The molecule has 0 aromatic heterocycles. The molecule has 0 saturated carbocycles. The van der Waals surface area contributed by atoms with Crippen LogP contribution in [0.1, 0.15) is 0 Å². The highest BCUT2D eigenvalue weighted by molar-refractivity contribution is 6.80. The molecular formula is C5H4Cl2O3. The summed E-state index contributed by atoms with van der Waals surface area (Å²) >= 11 is 9.96. The van der Waals surface area contributed by atoms with Gasteiger partial charge in [-0.15, -0.1) is 0 Å². The third-order valence-electron chi connectivity index (χ3n) is 0.565. The van der Waals surface area contributed by atoms with Crippen LogP contribution in [0.25, 0.3) is 0 Å². The number of carbonyl (C=O) groups excluding carboxylic acids is 2. The lowest BCUT2D eigenvalue weighted by atomic mass is 10.6. The van der Waals surface area contributed by atoms with Gasteiger partial charge in [-0.3, -0.25) is 4.79 Å². The highest BCUT2D eigenvalue weighted by Gasteiger charge is 2.14. The van der Waals surface area contributed by atoms with Crippen LogP contribution in [0.15, 0.2) is 12.7 Å². The molecule has 5 heteroatoms. The smallest absolute Gasteiger partial charge is 0.393 e. The van der Waals surface area contributed by atoms with Crippen LogP contribution >= 0.6 is 23.2 Å². The molecule has 0 radical (unpaired) electrons. The van der Waals surface area contributed by atoms with Gasteiger partial charge in [-0.25, -0.2) is 4.79 Å². The van der Waals surface area contributed by atoms with E-state index in [1.54, 1.807) is 0 Å². The van der Waals surface area contributed by atoms with Crippen LogP contribution in [0.5, 0.6) is 0 Å². The number of ether oxygens (including phenoxy) is 1. The summed E-state index contributed by atoms with van der Waals surface area (Å²) in [6.07, 6.45) is 1.15. The van der Waals surface area contributed by atoms with E-state index in [-0.39, 0.29) is 0 Å². The van der Waals surface area contributed by atoms with Crippen LogP contribution in [0, 0.1) is 0 Å². The normalized spacial score (nSPS) is 11.8. The number of hydrogen-bond donors (Lipinski definition) is 0. The minimum Gasteiger partial charge on any atom is -0.435 e. The van der Waals surface area contributed by atoms with Crippen LogP contribution in [0.2, 0.25) is 0 Å². The van der Waals surface area contributed by atoms with Gasteiger partial charge in [-0.1, -0.05) is 18.2 Å². The van der Waals surface area contributed by atoms with Gasteiger partial charge < -0.3 is 4.74 Å². The number of hydrogen-bond acceptors (Lipinski definition) is 3. The van der Waals surface area contributed by atoms with E-state index in [1.165, 1.54) is 0 Å². The fourth-order valence-electron chi connectivity index (χ4n) is 0.197. The highest BCUT2D eigenvalue weighted by Crippen LogP contribution is 2.00. The van der Waals surface area contributed by atoms with E-state index in [0.29, 0.717) is 0 Å². The lowest BCUT2D eigenvalue weighted by Crippen LogP contribution is -2.15. The molecule has 0 heterocycles. The second kappa shape index (κ2) is 4.30. The Kier molecular flexibility index (Phi) is 4.07. The van der Waals surface area contributed by atoms with Crippen LogP contribution in [0.3, 0.4) is 0 Å². The third-order valence-corrected chi connectivity index (χ3v) is 0.987. The summed E-state index contributed by atoms with van der Waals surface area (Å²) in [5.74, 6) is -1.18. The fraction of sp³-hybridized carbons (Fsp3) is 0.200. The fourth-order valence-corrected chi connectivity index (χ4v) is 0.322. The van der Waals surface area contributed by atoms with Gasteiger partial charge in [0.2, 0.25) is 0 Å². The number of esters is 1. The minimum atomic E-state index is -1.20. The van der Waals surface area contributed by atoms with Crippen molar-refractivity contribution in [2.45, 2.75) is 5.56 Å². The van der Waals surface area contributed by atoms with Crippen molar-refractivity contribution in [2.75, 3.05) is 0 Å². The van der Waals surface area contributed by atoms with Crippen molar-refractivity contribution in [2.24, 2.45) is 0 Å². The average molecular weight is 183 g/mol. The van der Waals surface area contributed by atoms with E-state index < -0.39 is 16.8 Å². The topological polar surface area (TPSA) is 43.4 Å². The molecule has 0 bridgehead atoms. The van der Waals surface area contributed by atoms with Crippen molar-refractivity contribution in [1.82, 2.24) is 0 Å². The van der Waals surface area contributed by atoms with Crippen molar-refractivity contribution in [1.29, 1.82) is 0 Å².